The van der Waals surface area contributed by atoms with E-state index in [0.29, 0.717) is 23.0 Å². The van der Waals surface area contributed by atoms with Crippen LogP contribution in [-0.2, 0) is 19.2 Å². The zero-order valence-electron chi connectivity index (χ0n) is 52.4. The van der Waals surface area contributed by atoms with E-state index in [1.807, 2.05) is 28.2 Å². The molecule has 12 nitrogen and oxygen atoms in total. The van der Waals surface area contributed by atoms with Gasteiger partial charge in [-0.1, -0.05) is 70.2 Å². The molecule has 0 amide bonds. The minimum Gasteiger partial charge on any atom is -0.309 e. The van der Waals surface area contributed by atoms with Crippen molar-refractivity contribution in [2.75, 3.05) is 220 Å². The first-order valence-corrected chi connectivity index (χ1v) is 32.6. The smallest absolute Gasteiger partial charge is 0.139 e. The van der Waals surface area contributed by atoms with Gasteiger partial charge in [0.25, 0.3) is 0 Å². The van der Waals surface area contributed by atoms with Gasteiger partial charge in [0.2, 0.25) is 0 Å². The Morgan fingerprint density at radius 1 is 0.342 bits per heavy atom. The maximum Gasteiger partial charge on any atom is 0.139 e. The van der Waals surface area contributed by atoms with Crippen LogP contribution >= 0.6 is 97.1 Å². The van der Waals surface area contributed by atoms with E-state index in [9.17, 15) is 19.2 Å². The lowest BCUT2D eigenvalue weighted by atomic mass is 10.4. The van der Waals surface area contributed by atoms with E-state index in [1.165, 1.54) is 58.4 Å². The zero-order chi connectivity index (χ0) is 57.6. The highest BCUT2D eigenvalue weighted by Crippen LogP contribution is 2.03. The Morgan fingerprint density at radius 3 is 0.855 bits per heavy atom. The van der Waals surface area contributed by atoms with Crippen LogP contribution in [0.3, 0.4) is 0 Å². The van der Waals surface area contributed by atoms with Gasteiger partial charge in [-0.25, -0.2) is 0 Å². The van der Waals surface area contributed by atoms with Crippen LogP contribution in [0.1, 0.15) is 124 Å². The van der Waals surface area contributed by atoms with Crippen molar-refractivity contribution in [3.63, 3.8) is 0 Å². The zero-order valence-corrected chi connectivity index (χ0v) is 59.0. The molecule has 0 fully saturated rings. The van der Waals surface area contributed by atoms with Crippen molar-refractivity contribution in [2.24, 2.45) is 0 Å². The minimum absolute atomic E-state index is 0. The maximum atomic E-state index is 10.6. The van der Waals surface area contributed by atoms with E-state index in [4.69, 9.17) is 0 Å². The van der Waals surface area contributed by atoms with E-state index in [-0.39, 0.29) is 62.8 Å². The summed E-state index contributed by atoms with van der Waals surface area (Å²) in [6.45, 7) is 40.0. The van der Waals surface area contributed by atoms with Crippen molar-refractivity contribution in [1.82, 2.24) is 39.2 Å². The molecule has 0 aliphatic heterocycles. The fourth-order valence-corrected chi connectivity index (χ4v) is 8.61. The van der Waals surface area contributed by atoms with Crippen LogP contribution in [0, 0.1) is 0 Å². The standard InChI is InChI=1S/C9H19NOS.2C8H17NOS.C7H15NOS.C7H17N.C6H15N.C5H13NS.C4H11NS.2CH4.2ClH/c1-4-10(5-2)6-7-12-8-9(3)11;1-8(10)7-11-6-4-5-9(2)3;1-4-9(3)5-6-11-7-8(2)10;1-7(9)6-10-5-4-8(2)3;1-4-7-8(5-2)6-3;1-4-6-7(3)5-2;1-6(2)4-3-5-7;1-5(2)3-4-6;;;;/h4-8H2,1-3H3;2*4-7H2,1-3H3;4-6H2,1-3H3;4-7H2,1-3H3;4-6H2,1-3H3;7H,3-5H2,1-2H3;6H,3-4H2,1-2H3;2*1H4;2*1H. The third kappa shape index (κ3) is 136. The average Bonchev–Trinajstić information content (AvgIpc) is 3.31. The number of hydrogen-bond acceptors (Lipinski definition) is 18. The molecule has 0 aromatic rings. The number of thiol groups is 2. The second-order valence-corrected chi connectivity index (χ2v) is 23.5. The molecule has 0 aliphatic carbocycles. The topological polar surface area (TPSA) is 94.2 Å². The van der Waals surface area contributed by atoms with Gasteiger partial charge in [-0.3, -0.25) is 19.2 Å². The lowest BCUT2D eigenvalue weighted by Crippen LogP contribution is -2.25. The van der Waals surface area contributed by atoms with Crippen LogP contribution in [0.4, 0.5) is 0 Å². The Balaban J connectivity index is -0.0000000617. The normalized spacial score (nSPS) is 9.89. The quantitative estimate of drug-likeness (QED) is 0.0460. The lowest BCUT2D eigenvalue weighted by molar-refractivity contribution is -0.115. The van der Waals surface area contributed by atoms with Gasteiger partial charge in [-0.2, -0.15) is 72.3 Å². The lowest BCUT2D eigenvalue weighted by Gasteiger charge is -2.16. The molecule has 0 aromatic carbocycles. The second-order valence-electron chi connectivity index (χ2n) is 18.2. The molecule has 0 saturated carbocycles. The number of ketones is 4. The predicted molar refractivity (Wildman–Crippen MR) is 374 cm³/mol. The SMILES string of the molecule is C.C.CC(=O)CSCCCN(C)C.CC(=O)CSCCN(C)C.CCCN(C)CC.CCCN(CC)CC.CCN(C)CCSCC(C)=O.CCN(CC)CCSCC(C)=O.CN(C)CCCS.CN(C)CCS.Cl.Cl. The monoisotopic (exact) mass is 1240 g/mol. The number of thioether (sulfide) groups is 4. The van der Waals surface area contributed by atoms with E-state index >= 15 is 0 Å². The Labute approximate surface area is 518 Å². The molecule has 0 bridgehead atoms. The highest BCUT2D eigenvalue weighted by atomic mass is 35.5. The summed E-state index contributed by atoms with van der Waals surface area (Å²) in [5.74, 6) is 9.98. The summed E-state index contributed by atoms with van der Waals surface area (Å²) >= 11 is 15.0. The maximum absolute atomic E-state index is 10.6. The molecule has 0 saturated heterocycles. The van der Waals surface area contributed by atoms with Crippen molar-refractivity contribution in [1.29, 1.82) is 0 Å². The largest absolute Gasteiger partial charge is 0.309 e. The first-order valence-electron chi connectivity index (χ1n) is 26.7. The number of hydrogen-bond donors (Lipinski definition) is 2. The van der Waals surface area contributed by atoms with Crippen LogP contribution in [-0.4, -0.2) is 282 Å². The van der Waals surface area contributed by atoms with Crippen molar-refractivity contribution >= 4 is 120 Å². The molecule has 0 spiro atoms. The summed E-state index contributed by atoms with van der Waals surface area (Å²) < 4.78 is 0. The molecule has 0 heterocycles. The molecule has 0 N–H and O–H groups in total. The van der Waals surface area contributed by atoms with E-state index in [0.717, 1.165) is 93.4 Å². The van der Waals surface area contributed by atoms with Crippen molar-refractivity contribution in [2.45, 2.75) is 124 Å². The Kier molecular flexibility index (Phi) is 124. The summed E-state index contributed by atoms with van der Waals surface area (Å²) in [6.07, 6.45) is 4.91. The van der Waals surface area contributed by atoms with Gasteiger partial charge in [0.1, 0.15) is 23.1 Å². The van der Waals surface area contributed by atoms with Crippen LogP contribution in [0.15, 0.2) is 0 Å². The van der Waals surface area contributed by atoms with Crippen LogP contribution in [0.25, 0.3) is 0 Å². The molecule has 0 unspecified atom stereocenters. The molecule has 76 heavy (non-hydrogen) atoms. The second kappa shape index (κ2) is 89.8. The van der Waals surface area contributed by atoms with E-state index < -0.39 is 0 Å². The molecule has 0 aromatic heterocycles. The fraction of sp³-hybridized carbons (Fsp3) is 0.929. The van der Waals surface area contributed by atoms with Crippen molar-refractivity contribution in [3.8, 4) is 0 Å². The molecule has 20 heteroatoms. The number of halogens is 2. The number of carbonyl (C=O) groups excluding carboxylic acids is 4. The molecule has 472 valence electrons. The Morgan fingerprint density at radius 2 is 0.632 bits per heavy atom. The van der Waals surface area contributed by atoms with E-state index in [1.54, 1.807) is 74.7 Å². The molecule has 0 rings (SSSR count). The van der Waals surface area contributed by atoms with Gasteiger partial charge in [0, 0.05) is 49.2 Å². The van der Waals surface area contributed by atoms with Gasteiger partial charge in [0.05, 0.1) is 23.0 Å². The van der Waals surface area contributed by atoms with Crippen LogP contribution < -0.4 is 0 Å². The van der Waals surface area contributed by atoms with Crippen molar-refractivity contribution < 1.29 is 19.2 Å². The predicted octanol–water partition coefficient (Wildman–Crippen LogP) is 11.6. The van der Waals surface area contributed by atoms with Gasteiger partial charge in [-0.05, 0) is 201 Å². The Hall–Kier alpha value is 1.04. The van der Waals surface area contributed by atoms with Crippen LogP contribution in [0.5, 0.6) is 0 Å². The number of Topliss-reactive ketones (excluding diaryl/α,β-unsaturated/α-hetero) is 4. The third-order valence-corrected chi connectivity index (χ3v) is 14.2. The molecule has 0 aliphatic rings. The summed E-state index contributed by atoms with van der Waals surface area (Å²) in [6, 6.07) is 0. The summed E-state index contributed by atoms with van der Waals surface area (Å²) in [5.41, 5.74) is 0. The molecular formula is C56H134Cl2N8O4S6. The summed E-state index contributed by atoms with van der Waals surface area (Å²) in [7, 11) is 20.7. The van der Waals surface area contributed by atoms with Gasteiger partial charge in [0.15, 0.2) is 0 Å². The fourth-order valence-electron chi connectivity index (χ4n) is 4.69. The highest BCUT2D eigenvalue weighted by molar-refractivity contribution is 8.00. The first kappa shape index (κ1) is 105. The van der Waals surface area contributed by atoms with Crippen molar-refractivity contribution in [3.05, 3.63) is 0 Å². The van der Waals surface area contributed by atoms with E-state index in [2.05, 4.69) is 162 Å². The minimum atomic E-state index is 0. The third-order valence-electron chi connectivity index (χ3n) is 9.29. The van der Waals surface area contributed by atoms with Crippen LogP contribution in [0.2, 0.25) is 0 Å². The van der Waals surface area contributed by atoms with Gasteiger partial charge in [-0.15, -0.1) is 24.8 Å². The summed E-state index contributed by atoms with van der Waals surface area (Å²) in [4.78, 5) is 60.0. The summed E-state index contributed by atoms with van der Waals surface area (Å²) in [5, 5.41) is 0. The van der Waals surface area contributed by atoms with Gasteiger partial charge < -0.3 is 39.2 Å². The average molecular weight is 1250 g/mol. The number of nitrogens with zero attached hydrogens (tertiary/aromatic N) is 8. The Bertz CT molecular complexity index is 1080. The number of carbonyl (C=O) groups is 4. The van der Waals surface area contributed by atoms with Gasteiger partial charge >= 0.3 is 0 Å². The molecule has 0 atom stereocenters. The number of rotatable bonds is 36. The first-order chi connectivity index (χ1) is 33.8. The molecule has 0 radical (unpaired) electrons. The highest BCUT2D eigenvalue weighted by Gasteiger charge is 2.00. The molecular weight excluding hydrogens is 1110 g/mol.